The fourth-order valence-electron chi connectivity index (χ4n) is 2.16. The zero-order valence-electron chi connectivity index (χ0n) is 16.6. The molecule has 26 heavy (non-hydrogen) atoms. The predicted octanol–water partition coefficient (Wildman–Crippen LogP) is 2.51. The summed E-state index contributed by atoms with van der Waals surface area (Å²) in [5, 5.41) is 3.33. The lowest BCUT2D eigenvalue weighted by molar-refractivity contribution is -0.127. The van der Waals surface area contributed by atoms with Gasteiger partial charge in [0.1, 0.15) is 6.54 Å². The number of aryl methyl sites for hydroxylation is 1. The molecule has 7 heteroatoms. The van der Waals surface area contributed by atoms with E-state index in [2.05, 4.69) is 41.5 Å². The van der Waals surface area contributed by atoms with Gasteiger partial charge in [-0.05, 0) is 25.8 Å². The molecule has 0 bridgehead atoms. The maximum Gasteiger partial charge on any atom is 0.243 e. The van der Waals surface area contributed by atoms with Crippen LogP contribution in [-0.4, -0.2) is 69.1 Å². The average molecular weight is 476 g/mol. The molecule has 6 nitrogen and oxygen atoms in total. The molecule has 0 saturated heterocycles. The molecule has 1 aromatic carbocycles. The van der Waals surface area contributed by atoms with Gasteiger partial charge in [0.05, 0.1) is 0 Å². The quantitative estimate of drug-likeness (QED) is 0.258. The number of halogens is 1. The van der Waals surface area contributed by atoms with E-state index in [1.165, 1.54) is 11.1 Å². The van der Waals surface area contributed by atoms with Gasteiger partial charge in [-0.1, -0.05) is 29.8 Å². The largest absolute Gasteiger partial charge is 0.382 e. The Hall–Kier alpha value is -1.35. The second-order valence-electron chi connectivity index (χ2n) is 6.25. The predicted molar refractivity (Wildman–Crippen MR) is 118 cm³/mol. The number of carbonyl (C=O) groups excluding carboxylic acids is 1. The van der Waals surface area contributed by atoms with Crippen LogP contribution in [0.3, 0.4) is 0 Å². The highest BCUT2D eigenvalue weighted by Crippen LogP contribution is 2.06. The van der Waals surface area contributed by atoms with Crippen molar-refractivity contribution in [3.05, 3.63) is 35.4 Å². The maximum absolute atomic E-state index is 11.8. The molecule has 1 N–H and O–H groups in total. The van der Waals surface area contributed by atoms with E-state index in [1.807, 2.05) is 18.9 Å². The molecule has 0 aromatic heterocycles. The smallest absolute Gasteiger partial charge is 0.243 e. The molecule has 0 aliphatic rings. The first kappa shape index (κ1) is 24.7. The van der Waals surface area contributed by atoms with Gasteiger partial charge in [-0.25, -0.2) is 4.99 Å². The molecule has 0 radical (unpaired) electrons. The van der Waals surface area contributed by atoms with Gasteiger partial charge in [0.2, 0.25) is 5.91 Å². The number of ether oxygens (including phenoxy) is 1. The van der Waals surface area contributed by atoms with Gasteiger partial charge in [-0.3, -0.25) is 4.79 Å². The molecule has 0 spiro atoms. The summed E-state index contributed by atoms with van der Waals surface area (Å²) in [4.78, 5) is 19.9. The van der Waals surface area contributed by atoms with Crippen molar-refractivity contribution in [1.29, 1.82) is 0 Å². The number of nitrogens with one attached hydrogen (secondary N) is 1. The second-order valence-corrected chi connectivity index (χ2v) is 6.25. The third-order valence-corrected chi connectivity index (χ3v) is 3.72. The second kappa shape index (κ2) is 13.8. The molecule has 0 atom stereocenters. The number of carbonyl (C=O) groups is 1. The third-order valence-electron chi connectivity index (χ3n) is 3.72. The molecule has 0 aliphatic carbocycles. The summed E-state index contributed by atoms with van der Waals surface area (Å²) in [5.74, 6) is 0.713. The lowest BCUT2D eigenvalue weighted by Gasteiger charge is -2.23. The summed E-state index contributed by atoms with van der Waals surface area (Å²) in [6, 6.07) is 8.43. The van der Waals surface area contributed by atoms with Crippen LogP contribution >= 0.6 is 24.0 Å². The van der Waals surface area contributed by atoms with Crippen LogP contribution in [0.2, 0.25) is 0 Å². The zero-order chi connectivity index (χ0) is 18.7. The van der Waals surface area contributed by atoms with Gasteiger partial charge in [-0.15, -0.1) is 24.0 Å². The highest BCUT2D eigenvalue weighted by molar-refractivity contribution is 14.0. The summed E-state index contributed by atoms with van der Waals surface area (Å²) < 4.78 is 5.36. The van der Waals surface area contributed by atoms with E-state index >= 15 is 0 Å². The number of nitrogens with zero attached hydrogens (tertiary/aromatic N) is 3. The molecule has 0 unspecified atom stereocenters. The number of benzene rings is 1. The minimum absolute atomic E-state index is 0. The molecule has 148 valence electrons. The van der Waals surface area contributed by atoms with Crippen molar-refractivity contribution >= 4 is 35.8 Å². The normalized spacial score (nSPS) is 10.9. The molecule has 0 saturated carbocycles. The van der Waals surface area contributed by atoms with Crippen molar-refractivity contribution in [2.45, 2.75) is 26.8 Å². The van der Waals surface area contributed by atoms with Gasteiger partial charge < -0.3 is 19.9 Å². The third kappa shape index (κ3) is 9.96. The van der Waals surface area contributed by atoms with Crippen molar-refractivity contribution < 1.29 is 9.53 Å². The van der Waals surface area contributed by atoms with Crippen LogP contribution in [0.15, 0.2) is 29.3 Å². The Bertz CT molecular complexity index is 547. The molecule has 0 aliphatic heterocycles. The highest BCUT2D eigenvalue weighted by atomic mass is 127. The number of hydrogen-bond donors (Lipinski definition) is 1. The van der Waals surface area contributed by atoms with Crippen LogP contribution in [0.4, 0.5) is 0 Å². The van der Waals surface area contributed by atoms with Crippen LogP contribution in [0.25, 0.3) is 0 Å². The van der Waals surface area contributed by atoms with E-state index in [0.717, 1.165) is 38.7 Å². The molecule has 0 heterocycles. The Morgan fingerprint density at radius 1 is 1.19 bits per heavy atom. The Balaban J connectivity index is 0.00000625. The van der Waals surface area contributed by atoms with Crippen molar-refractivity contribution in [2.24, 2.45) is 4.99 Å². The van der Waals surface area contributed by atoms with E-state index in [-0.39, 0.29) is 36.4 Å². The number of hydrogen-bond acceptors (Lipinski definition) is 3. The molecular weight excluding hydrogens is 443 g/mol. The summed E-state index contributed by atoms with van der Waals surface area (Å²) in [6.45, 7) is 7.14. The lowest BCUT2D eigenvalue weighted by atomic mass is 10.1. The molecule has 0 fully saturated rings. The Kier molecular flexibility index (Phi) is 13.1. The average Bonchev–Trinajstić information content (AvgIpc) is 2.58. The molecular formula is C19H33IN4O2. The number of guanidine groups is 1. The summed E-state index contributed by atoms with van der Waals surface area (Å²) >= 11 is 0. The molecule has 1 amide bonds. The minimum Gasteiger partial charge on any atom is -0.382 e. The fraction of sp³-hybridized carbons (Fsp3) is 0.579. The first-order chi connectivity index (χ1) is 11.9. The summed E-state index contributed by atoms with van der Waals surface area (Å²) in [5.41, 5.74) is 2.45. The Labute approximate surface area is 175 Å². The lowest BCUT2D eigenvalue weighted by Crippen LogP contribution is -2.40. The van der Waals surface area contributed by atoms with Gasteiger partial charge in [0.15, 0.2) is 5.96 Å². The van der Waals surface area contributed by atoms with Crippen LogP contribution in [0.5, 0.6) is 0 Å². The zero-order valence-corrected chi connectivity index (χ0v) is 18.9. The van der Waals surface area contributed by atoms with Crippen molar-refractivity contribution in [3.63, 3.8) is 0 Å². The topological polar surface area (TPSA) is 57.2 Å². The number of rotatable bonds is 9. The fourth-order valence-corrected chi connectivity index (χ4v) is 2.16. The van der Waals surface area contributed by atoms with Crippen LogP contribution in [0.1, 0.15) is 24.5 Å². The maximum atomic E-state index is 11.8. The Morgan fingerprint density at radius 3 is 2.42 bits per heavy atom. The van der Waals surface area contributed by atoms with E-state index in [1.54, 1.807) is 19.0 Å². The van der Waals surface area contributed by atoms with Crippen LogP contribution in [0, 0.1) is 6.92 Å². The first-order valence-corrected chi connectivity index (χ1v) is 8.77. The minimum atomic E-state index is -0.0163. The van der Waals surface area contributed by atoms with E-state index in [0.29, 0.717) is 0 Å². The SMILES string of the molecule is CCOCCCNC(=NCC(=O)N(C)C)N(C)Cc1ccc(C)cc1.I. The first-order valence-electron chi connectivity index (χ1n) is 8.77. The summed E-state index contributed by atoms with van der Waals surface area (Å²) in [6.07, 6.45) is 0.896. The van der Waals surface area contributed by atoms with Crippen molar-refractivity contribution in [3.8, 4) is 0 Å². The number of aliphatic imine (C=N–C) groups is 1. The highest BCUT2D eigenvalue weighted by Gasteiger charge is 2.09. The molecule has 1 aromatic rings. The summed E-state index contributed by atoms with van der Waals surface area (Å²) in [7, 11) is 5.46. The van der Waals surface area contributed by atoms with E-state index in [4.69, 9.17) is 4.74 Å². The van der Waals surface area contributed by atoms with Crippen molar-refractivity contribution in [1.82, 2.24) is 15.1 Å². The van der Waals surface area contributed by atoms with Gasteiger partial charge in [0.25, 0.3) is 0 Å². The van der Waals surface area contributed by atoms with Crippen LogP contribution in [-0.2, 0) is 16.1 Å². The molecule has 1 rings (SSSR count). The monoisotopic (exact) mass is 476 g/mol. The standard InChI is InChI=1S/C19H32N4O2.HI/c1-6-25-13-7-12-20-19(21-14-18(24)22(3)4)23(5)15-17-10-8-16(2)9-11-17;/h8-11H,6-7,12-15H2,1-5H3,(H,20,21);1H. The van der Waals surface area contributed by atoms with E-state index < -0.39 is 0 Å². The van der Waals surface area contributed by atoms with Crippen LogP contribution < -0.4 is 5.32 Å². The van der Waals surface area contributed by atoms with Gasteiger partial charge >= 0.3 is 0 Å². The number of amides is 1. The van der Waals surface area contributed by atoms with Crippen molar-refractivity contribution in [2.75, 3.05) is 47.4 Å². The van der Waals surface area contributed by atoms with Gasteiger partial charge in [-0.2, -0.15) is 0 Å². The Morgan fingerprint density at radius 2 is 1.85 bits per heavy atom. The van der Waals surface area contributed by atoms with E-state index in [9.17, 15) is 4.79 Å². The number of likely N-dealkylation sites (N-methyl/N-ethyl adjacent to an activating group) is 1. The van der Waals surface area contributed by atoms with Gasteiger partial charge in [0, 0.05) is 47.4 Å².